The topological polar surface area (TPSA) is 126 Å². The van der Waals surface area contributed by atoms with Crippen molar-refractivity contribution in [1.29, 1.82) is 0 Å². The van der Waals surface area contributed by atoms with Crippen LogP contribution in [0.4, 0.5) is 18.3 Å². The molecular weight excluding hydrogens is 557 g/mol. The summed E-state index contributed by atoms with van der Waals surface area (Å²) >= 11 is 0.911. The van der Waals surface area contributed by atoms with E-state index in [1.54, 1.807) is 32.9 Å². The van der Waals surface area contributed by atoms with E-state index in [-0.39, 0.29) is 34.3 Å². The summed E-state index contributed by atoms with van der Waals surface area (Å²) in [6, 6.07) is 0.130. The molecule has 1 N–H and O–H groups in total. The van der Waals surface area contributed by atoms with E-state index in [4.69, 9.17) is 4.74 Å². The fourth-order valence-electron chi connectivity index (χ4n) is 3.67. The van der Waals surface area contributed by atoms with Gasteiger partial charge in [0.1, 0.15) is 5.60 Å². The van der Waals surface area contributed by atoms with Gasteiger partial charge in [0.05, 0.1) is 5.70 Å². The number of alkyl halides is 3. The van der Waals surface area contributed by atoms with Gasteiger partial charge in [-0.05, 0) is 64.2 Å². The smallest absolute Gasteiger partial charge is 0.404 e. The van der Waals surface area contributed by atoms with Gasteiger partial charge in [0.2, 0.25) is 15.0 Å². The second-order valence-corrected chi connectivity index (χ2v) is 13.3. The third-order valence-corrected chi connectivity index (χ3v) is 7.21. The minimum atomic E-state index is -4.84. The van der Waals surface area contributed by atoms with Gasteiger partial charge < -0.3 is 9.64 Å². The molecule has 1 unspecified atom stereocenters. The number of nitrogens with zero attached hydrogens (tertiary/aromatic N) is 5. The highest BCUT2D eigenvalue weighted by Gasteiger charge is 2.35. The van der Waals surface area contributed by atoms with Crippen LogP contribution >= 0.6 is 11.3 Å². The van der Waals surface area contributed by atoms with E-state index in [0.717, 1.165) is 23.3 Å². The molecule has 0 spiro atoms. The highest BCUT2D eigenvalue weighted by molar-refractivity contribution is 7.89. The molecule has 1 aliphatic heterocycles. The summed E-state index contributed by atoms with van der Waals surface area (Å²) in [5, 5.41) is 15.8. The lowest BCUT2D eigenvalue weighted by atomic mass is 9.93. The SMILES string of the molecule is C=C(/C=C1/CCC(C)N(CC(C)C)/C1=C/CNS(=O)(=O)CC(F)(F)F)N=Nc1nnc(C(=O)OC(C)(C)C)s1. The Kier molecular flexibility index (Phi) is 11.0. The summed E-state index contributed by atoms with van der Waals surface area (Å²) in [7, 11) is -4.54. The minimum Gasteiger partial charge on any atom is -0.455 e. The number of nitrogens with one attached hydrogen (secondary N) is 1. The standard InChI is InChI=1S/C24H35F3N6O4S2/c1-15(2)13-33-17(4)8-9-18(19(33)10-11-28-39(35,36)14-24(25,26)27)12-16(3)29-31-22-32-30-20(38-22)21(34)37-23(5,6)7/h10,12,15,17,28H,3,8-9,11,13-14H2,1-2,4-7H3/b18-12-,19-10+,31-29?. The van der Waals surface area contributed by atoms with Crippen LogP contribution in [-0.2, 0) is 14.8 Å². The zero-order valence-corrected chi connectivity index (χ0v) is 24.5. The van der Waals surface area contributed by atoms with Crippen LogP contribution in [-0.4, -0.2) is 66.1 Å². The van der Waals surface area contributed by atoms with Crippen LogP contribution in [0.15, 0.2) is 45.9 Å². The molecule has 2 heterocycles. The maximum absolute atomic E-state index is 12.6. The number of azo groups is 1. The van der Waals surface area contributed by atoms with E-state index in [1.165, 1.54) is 0 Å². The monoisotopic (exact) mass is 592 g/mol. The average Bonchev–Trinajstić information content (AvgIpc) is 3.22. The summed E-state index contributed by atoms with van der Waals surface area (Å²) in [6.45, 7) is 15.6. The first-order valence-electron chi connectivity index (χ1n) is 12.2. The number of allylic oxidation sites excluding steroid dienone is 2. The van der Waals surface area contributed by atoms with Gasteiger partial charge >= 0.3 is 12.1 Å². The molecule has 1 aromatic rings. The number of hydrogen-bond donors (Lipinski definition) is 1. The van der Waals surface area contributed by atoms with Crippen LogP contribution in [0.2, 0.25) is 0 Å². The molecule has 1 fully saturated rings. The van der Waals surface area contributed by atoms with Crippen molar-refractivity contribution in [2.45, 2.75) is 72.2 Å². The number of rotatable bonds is 10. The van der Waals surface area contributed by atoms with Crippen molar-refractivity contribution in [2.24, 2.45) is 16.1 Å². The summed E-state index contributed by atoms with van der Waals surface area (Å²) in [5.41, 5.74) is 1.06. The van der Waals surface area contributed by atoms with Gasteiger partial charge in [-0.25, -0.2) is 17.9 Å². The highest BCUT2D eigenvalue weighted by Crippen LogP contribution is 2.32. The maximum Gasteiger partial charge on any atom is 0.404 e. The van der Waals surface area contributed by atoms with E-state index < -0.39 is 33.5 Å². The van der Waals surface area contributed by atoms with Gasteiger partial charge in [0, 0.05) is 24.8 Å². The molecule has 2 rings (SSSR count). The molecule has 10 nitrogen and oxygen atoms in total. The van der Waals surface area contributed by atoms with Crippen molar-refractivity contribution in [3.8, 4) is 0 Å². The predicted molar refractivity (Wildman–Crippen MR) is 143 cm³/mol. The zero-order valence-electron chi connectivity index (χ0n) is 22.9. The van der Waals surface area contributed by atoms with Crippen LogP contribution in [0, 0.1) is 5.92 Å². The molecule has 1 saturated heterocycles. The number of halogens is 3. The van der Waals surface area contributed by atoms with Gasteiger partial charge in [-0.2, -0.15) is 13.2 Å². The summed E-state index contributed by atoms with van der Waals surface area (Å²) < 4.78 is 68.7. The first kappa shape index (κ1) is 32.6. The molecule has 15 heteroatoms. The van der Waals surface area contributed by atoms with Crippen molar-refractivity contribution in [3.05, 3.63) is 40.7 Å². The fourth-order valence-corrected chi connectivity index (χ4v) is 5.08. The number of likely N-dealkylation sites (tertiary alicyclic amines) is 1. The number of esters is 1. The molecule has 1 aliphatic rings. The molecule has 0 radical (unpaired) electrons. The Hall–Kier alpha value is -2.65. The average molecular weight is 593 g/mol. The molecule has 0 aliphatic carbocycles. The summed E-state index contributed by atoms with van der Waals surface area (Å²) in [5.74, 6) is -2.29. The normalized spacial score (nSPS) is 19.4. The van der Waals surface area contributed by atoms with Crippen molar-refractivity contribution in [1.82, 2.24) is 19.8 Å². The first-order valence-corrected chi connectivity index (χ1v) is 14.7. The van der Waals surface area contributed by atoms with Crippen molar-refractivity contribution in [3.63, 3.8) is 0 Å². The Morgan fingerprint density at radius 2 is 1.97 bits per heavy atom. The molecule has 0 amide bonds. The van der Waals surface area contributed by atoms with E-state index in [2.05, 4.69) is 31.9 Å². The van der Waals surface area contributed by atoms with Gasteiger partial charge in [-0.3, -0.25) is 0 Å². The lowest BCUT2D eigenvalue weighted by Gasteiger charge is -2.40. The predicted octanol–water partition coefficient (Wildman–Crippen LogP) is 5.52. The molecule has 39 heavy (non-hydrogen) atoms. The van der Waals surface area contributed by atoms with Crippen LogP contribution in [0.25, 0.3) is 0 Å². The Morgan fingerprint density at radius 3 is 2.56 bits per heavy atom. The van der Waals surface area contributed by atoms with Gasteiger partial charge in [0.25, 0.3) is 5.13 Å². The number of sulfonamides is 1. The van der Waals surface area contributed by atoms with E-state index in [1.807, 2.05) is 25.5 Å². The maximum atomic E-state index is 12.6. The van der Waals surface area contributed by atoms with Gasteiger partial charge in [-0.15, -0.1) is 20.4 Å². The van der Waals surface area contributed by atoms with Crippen molar-refractivity contribution in [2.75, 3.05) is 18.8 Å². The fraction of sp³-hybridized carbons (Fsp3) is 0.625. The molecule has 0 saturated carbocycles. The molecule has 0 aromatic carbocycles. The lowest BCUT2D eigenvalue weighted by molar-refractivity contribution is -0.106. The van der Waals surface area contributed by atoms with E-state index in [0.29, 0.717) is 18.7 Å². The highest BCUT2D eigenvalue weighted by atomic mass is 32.2. The van der Waals surface area contributed by atoms with Gasteiger partial charge in [0.15, 0.2) is 5.75 Å². The van der Waals surface area contributed by atoms with Crippen LogP contribution in [0.1, 0.15) is 64.2 Å². The van der Waals surface area contributed by atoms with Crippen LogP contribution in [0.5, 0.6) is 0 Å². The molecule has 0 bridgehead atoms. The Morgan fingerprint density at radius 1 is 1.31 bits per heavy atom. The van der Waals surface area contributed by atoms with E-state index in [9.17, 15) is 26.4 Å². The number of piperidine rings is 1. The number of hydrogen-bond acceptors (Lipinski definition) is 10. The third kappa shape index (κ3) is 11.5. The Labute approximate surface area is 231 Å². The second kappa shape index (κ2) is 13.1. The molecular formula is C24H35F3N6O4S2. The van der Waals surface area contributed by atoms with Crippen LogP contribution < -0.4 is 4.72 Å². The lowest BCUT2D eigenvalue weighted by Crippen LogP contribution is -2.40. The summed E-state index contributed by atoms with van der Waals surface area (Å²) in [6.07, 6.45) is -0.159. The molecule has 1 aromatic heterocycles. The second-order valence-electron chi connectivity index (χ2n) is 10.5. The third-order valence-electron chi connectivity index (χ3n) is 5.11. The number of ether oxygens (including phenoxy) is 1. The van der Waals surface area contributed by atoms with Crippen molar-refractivity contribution < 1.29 is 31.1 Å². The number of aromatic nitrogens is 2. The zero-order chi connectivity index (χ0) is 29.6. The Bertz CT molecular complexity index is 1230. The first-order chi connectivity index (χ1) is 17.8. The minimum absolute atomic E-state index is 0.0339. The van der Waals surface area contributed by atoms with Crippen molar-refractivity contribution >= 4 is 32.5 Å². The molecule has 1 atom stereocenters. The Balaban J connectivity index is 2.24. The quantitative estimate of drug-likeness (QED) is 0.280. The molecule has 218 valence electrons. The largest absolute Gasteiger partial charge is 0.455 e. The number of carbonyl (C=O) groups is 1. The number of carbonyl (C=O) groups excluding carboxylic acids is 1. The van der Waals surface area contributed by atoms with E-state index >= 15 is 0 Å². The summed E-state index contributed by atoms with van der Waals surface area (Å²) in [4.78, 5) is 14.2. The van der Waals surface area contributed by atoms with Crippen LogP contribution in [0.3, 0.4) is 0 Å². The van der Waals surface area contributed by atoms with Gasteiger partial charge in [-0.1, -0.05) is 31.8 Å².